The Kier molecular flexibility index (Phi) is 5.58. The monoisotopic (exact) mass is 319 g/mol. The molecule has 3 heteroatoms. The van der Waals surface area contributed by atoms with Gasteiger partial charge in [0.05, 0.1) is 6.17 Å². The Morgan fingerprint density at radius 2 is 1.17 bits per heavy atom. The van der Waals surface area contributed by atoms with Gasteiger partial charge in [-0.15, -0.1) is 0 Å². The molecule has 4 atom stereocenters. The summed E-state index contributed by atoms with van der Waals surface area (Å²) in [5, 5.41) is 4.01. The minimum Gasteiger partial charge on any atom is -0.298 e. The fourth-order valence-corrected chi connectivity index (χ4v) is 6.10. The van der Waals surface area contributed by atoms with Crippen LogP contribution in [0.2, 0.25) is 0 Å². The van der Waals surface area contributed by atoms with Gasteiger partial charge in [0.25, 0.3) is 0 Å². The topological polar surface area (TPSA) is 36.1 Å². The molecular weight excluding hydrogens is 282 g/mol. The zero-order valence-electron chi connectivity index (χ0n) is 14.9. The molecule has 1 saturated heterocycles. The average Bonchev–Trinajstić information content (AvgIpc) is 2.64. The molecule has 3 aliphatic carbocycles. The van der Waals surface area contributed by atoms with Crippen LogP contribution in [0.5, 0.6) is 0 Å². The molecule has 23 heavy (non-hydrogen) atoms. The molecule has 1 heterocycles. The van der Waals surface area contributed by atoms with Gasteiger partial charge in [-0.25, -0.2) is 5.43 Å². The smallest absolute Gasteiger partial charge is 0.0738 e. The summed E-state index contributed by atoms with van der Waals surface area (Å²) in [5.41, 5.74) is 7.57. The van der Waals surface area contributed by atoms with E-state index in [0.29, 0.717) is 6.17 Å². The third kappa shape index (κ3) is 3.77. The highest BCUT2D eigenvalue weighted by Crippen LogP contribution is 2.41. The molecule has 3 nitrogen and oxygen atoms in total. The summed E-state index contributed by atoms with van der Waals surface area (Å²) in [6.45, 7) is 0. The summed E-state index contributed by atoms with van der Waals surface area (Å²) in [6, 6.07) is 1.50. The van der Waals surface area contributed by atoms with Crippen LogP contribution in [0.4, 0.5) is 0 Å². The van der Waals surface area contributed by atoms with Crippen molar-refractivity contribution in [2.24, 2.45) is 17.8 Å². The second-order valence-corrected chi connectivity index (χ2v) is 8.80. The summed E-state index contributed by atoms with van der Waals surface area (Å²) in [5.74, 6) is 2.70. The molecule has 0 aromatic carbocycles. The maximum absolute atomic E-state index is 4.01. The molecule has 0 aromatic heterocycles. The van der Waals surface area contributed by atoms with Crippen molar-refractivity contribution in [3.05, 3.63) is 0 Å². The van der Waals surface area contributed by atoms with Gasteiger partial charge in [-0.3, -0.25) is 10.7 Å². The predicted octanol–water partition coefficient (Wildman–Crippen LogP) is 4.10. The minimum atomic E-state index is 0.517. The van der Waals surface area contributed by atoms with Crippen molar-refractivity contribution in [3.8, 4) is 0 Å². The van der Waals surface area contributed by atoms with Crippen LogP contribution in [-0.2, 0) is 0 Å². The van der Waals surface area contributed by atoms with E-state index in [1.807, 2.05) is 0 Å². The molecular formula is C20H37N3. The molecule has 4 aliphatic rings. The third-order valence-corrected chi connectivity index (χ3v) is 7.35. The van der Waals surface area contributed by atoms with E-state index in [1.54, 1.807) is 0 Å². The highest BCUT2D eigenvalue weighted by atomic mass is 15.5. The summed E-state index contributed by atoms with van der Waals surface area (Å²) in [6.07, 6.45) is 20.7. The maximum atomic E-state index is 4.01. The van der Waals surface area contributed by atoms with Crippen molar-refractivity contribution in [2.45, 2.75) is 108 Å². The molecule has 4 fully saturated rings. The third-order valence-electron chi connectivity index (χ3n) is 7.35. The Bertz CT molecular complexity index is 360. The zero-order valence-corrected chi connectivity index (χ0v) is 14.9. The van der Waals surface area contributed by atoms with Crippen molar-refractivity contribution in [1.82, 2.24) is 16.2 Å². The number of hydrazine groups is 1. The average molecular weight is 320 g/mol. The van der Waals surface area contributed by atoms with Crippen LogP contribution in [0.3, 0.4) is 0 Å². The van der Waals surface area contributed by atoms with Crippen LogP contribution in [0.1, 0.15) is 89.9 Å². The number of hydrogen-bond acceptors (Lipinski definition) is 3. The summed E-state index contributed by atoms with van der Waals surface area (Å²) in [7, 11) is 0. The molecule has 4 rings (SSSR count). The van der Waals surface area contributed by atoms with Gasteiger partial charge in [-0.2, -0.15) is 0 Å². The van der Waals surface area contributed by atoms with Crippen molar-refractivity contribution in [3.63, 3.8) is 0 Å². The van der Waals surface area contributed by atoms with Gasteiger partial charge < -0.3 is 0 Å². The first-order valence-corrected chi connectivity index (χ1v) is 10.7. The van der Waals surface area contributed by atoms with Gasteiger partial charge >= 0.3 is 0 Å². The SMILES string of the molecule is C1CCC(NC2NNC(C3CCCCC3)C3CCCCC23)CC1. The first kappa shape index (κ1) is 16.4. The quantitative estimate of drug-likeness (QED) is 0.733. The predicted molar refractivity (Wildman–Crippen MR) is 95.9 cm³/mol. The van der Waals surface area contributed by atoms with Crippen molar-refractivity contribution in [2.75, 3.05) is 0 Å². The minimum absolute atomic E-state index is 0.517. The highest BCUT2D eigenvalue weighted by Gasteiger charge is 2.43. The molecule has 3 saturated carbocycles. The zero-order chi connectivity index (χ0) is 15.5. The standard InChI is InChI=1S/C20H37N3/c1-3-9-15(10-4-1)19-17-13-7-8-14-18(17)20(23-22-19)21-16-11-5-2-6-12-16/h15-23H,1-14H2. The van der Waals surface area contributed by atoms with Crippen LogP contribution in [0, 0.1) is 17.8 Å². The van der Waals surface area contributed by atoms with Crippen LogP contribution < -0.4 is 16.2 Å². The highest BCUT2D eigenvalue weighted by molar-refractivity contribution is 4.97. The molecule has 1 aliphatic heterocycles. The molecule has 0 spiro atoms. The lowest BCUT2D eigenvalue weighted by Gasteiger charge is -2.51. The van der Waals surface area contributed by atoms with Gasteiger partial charge in [0, 0.05) is 12.1 Å². The number of hydrogen-bond donors (Lipinski definition) is 3. The Hall–Kier alpha value is -0.120. The van der Waals surface area contributed by atoms with Crippen LogP contribution in [0.15, 0.2) is 0 Å². The first-order chi connectivity index (χ1) is 11.4. The van der Waals surface area contributed by atoms with Gasteiger partial charge in [-0.05, 0) is 56.3 Å². The molecule has 0 aromatic rings. The first-order valence-electron chi connectivity index (χ1n) is 10.7. The van der Waals surface area contributed by atoms with E-state index in [1.165, 1.54) is 89.9 Å². The lowest BCUT2D eigenvalue weighted by atomic mass is 9.67. The van der Waals surface area contributed by atoms with E-state index in [9.17, 15) is 0 Å². The van der Waals surface area contributed by atoms with Gasteiger partial charge in [0.2, 0.25) is 0 Å². The van der Waals surface area contributed by atoms with E-state index in [-0.39, 0.29) is 0 Å². The van der Waals surface area contributed by atoms with Crippen molar-refractivity contribution >= 4 is 0 Å². The fraction of sp³-hybridized carbons (Fsp3) is 1.00. The van der Waals surface area contributed by atoms with E-state index in [4.69, 9.17) is 0 Å². The van der Waals surface area contributed by atoms with Gasteiger partial charge in [0.15, 0.2) is 0 Å². The molecule has 0 bridgehead atoms. The number of nitrogens with one attached hydrogen (secondary N) is 3. The second kappa shape index (κ2) is 7.84. The van der Waals surface area contributed by atoms with Crippen LogP contribution in [0.25, 0.3) is 0 Å². The second-order valence-electron chi connectivity index (χ2n) is 8.80. The van der Waals surface area contributed by atoms with Crippen molar-refractivity contribution < 1.29 is 0 Å². The maximum Gasteiger partial charge on any atom is 0.0738 e. The molecule has 3 N–H and O–H groups in total. The van der Waals surface area contributed by atoms with Gasteiger partial charge in [-0.1, -0.05) is 51.4 Å². The van der Waals surface area contributed by atoms with E-state index < -0.39 is 0 Å². The Morgan fingerprint density at radius 3 is 1.91 bits per heavy atom. The van der Waals surface area contributed by atoms with E-state index >= 15 is 0 Å². The molecule has 0 amide bonds. The largest absolute Gasteiger partial charge is 0.298 e. The van der Waals surface area contributed by atoms with Crippen molar-refractivity contribution in [1.29, 1.82) is 0 Å². The molecule has 0 radical (unpaired) electrons. The normalized spacial score (nSPS) is 40.7. The molecule has 132 valence electrons. The van der Waals surface area contributed by atoms with E-state index in [2.05, 4.69) is 16.2 Å². The Labute approximate surface area is 142 Å². The Balaban J connectivity index is 1.40. The summed E-state index contributed by atoms with van der Waals surface area (Å²) >= 11 is 0. The van der Waals surface area contributed by atoms with Crippen LogP contribution >= 0.6 is 0 Å². The fourth-order valence-electron chi connectivity index (χ4n) is 6.10. The van der Waals surface area contributed by atoms with Gasteiger partial charge in [0.1, 0.15) is 0 Å². The Morgan fingerprint density at radius 1 is 0.565 bits per heavy atom. The number of fused-ring (bicyclic) bond motifs is 1. The van der Waals surface area contributed by atoms with Crippen LogP contribution in [-0.4, -0.2) is 18.2 Å². The lowest BCUT2D eigenvalue weighted by molar-refractivity contribution is 0.0186. The molecule has 4 unspecified atom stereocenters. The lowest BCUT2D eigenvalue weighted by Crippen LogP contribution is -2.68. The summed E-state index contributed by atoms with van der Waals surface area (Å²) < 4.78 is 0. The van der Waals surface area contributed by atoms with E-state index in [0.717, 1.165) is 29.8 Å². The number of rotatable bonds is 3. The summed E-state index contributed by atoms with van der Waals surface area (Å²) in [4.78, 5) is 0.